The lowest BCUT2D eigenvalue weighted by Gasteiger charge is -2.39. The van der Waals surface area contributed by atoms with Crippen LogP contribution >= 0.6 is 22.9 Å². The molecule has 0 bridgehead atoms. The molecule has 4 heterocycles. The third-order valence-corrected chi connectivity index (χ3v) is 10.4. The molecule has 1 aliphatic heterocycles. The second kappa shape index (κ2) is 14.4. The van der Waals surface area contributed by atoms with Crippen molar-refractivity contribution in [3.05, 3.63) is 89.2 Å². The van der Waals surface area contributed by atoms with Gasteiger partial charge in [0.1, 0.15) is 10.6 Å². The number of carbonyl (C=O) groups is 2. The van der Waals surface area contributed by atoms with Gasteiger partial charge >= 0.3 is 12.1 Å². The van der Waals surface area contributed by atoms with Crippen LogP contribution < -0.4 is 0 Å². The number of esters is 1. The zero-order valence-corrected chi connectivity index (χ0v) is 33.3. The molecule has 0 aliphatic carbocycles. The quantitative estimate of drug-likeness (QED) is 0.141. The van der Waals surface area contributed by atoms with Gasteiger partial charge < -0.3 is 19.1 Å². The zero-order valence-electron chi connectivity index (χ0n) is 31.8. The summed E-state index contributed by atoms with van der Waals surface area (Å²) in [5.74, 6) is -0.438. The van der Waals surface area contributed by atoms with Crippen LogP contribution in [0.4, 0.5) is 4.79 Å². The number of aromatic nitrogens is 4. The second-order valence-corrected chi connectivity index (χ2v) is 17.0. The summed E-state index contributed by atoms with van der Waals surface area (Å²) in [6.07, 6.45) is 2.40. The van der Waals surface area contributed by atoms with Gasteiger partial charge in [0.15, 0.2) is 6.10 Å². The van der Waals surface area contributed by atoms with Gasteiger partial charge in [0.2, 0.25) is 0 Å². The fourth-order valence-electron chi connectivity index (χ4n) is 6.68. The first-order valence-electron chi connectivity index (χ1n) is 18.0. The molecular weight excluding hydrogens is 722 g/mol. The maximum atomic E-state index is 13.5. The molecule has 6 aromatic rings. The number of likely N-dealkylation sites (tertiary alicyclic amines) is 1. The van der Waals surface area contributed by atoms with E-state index in [2.05, 4.69) is 17.2 Å². The number of halogens is 1. The number of pyridine rings is 1. The Kier molecular flexibility index (Phi) is 10.0. The third-order valence-electron chi connectivity index (χ3n) is 9.05. The van der Waals surface area contributed by atoms with E-state index in [9.17, 15) is 9.59 Å². The Balaban J connectivity index is 1.24. The minimum atomic E-state index is -0.953. The van der Waals surface area contributed by atoms with Gasteiger partial charge in [-0.2, -0.15) is 5.10 Å². The third kappa shape index (κ3) is 7.71. The molecule has 10 nitrogen and oxygen atoms in total. The Morgan fingerprint density at radius 2 is 1.67 bits per heavy atom. The highest BCUT2D eigenvalue weighted by Gasteiger charge is 2.36. The van der Waals surface area contributed by atoms with Gasteiger partial charge in [-0.25, -0.2) is 14.6 Å². The van der Waals surface area contributed by atoms with E-state index in [1.165, 1.54) is 0 Å². The maximum Gasteiger partial charge on any atom is 0.410 e. The van der Waals surface area contributed by atoms with Crippen molar-refractivity contribution in [2.24, 2.45) is 0 Å². The molecule has 7 rings (SSSR count). The number of ether oxygens (including phenoxy) is 3. The summed E-state index contributed by atoms with van der Waals surface area (Å²) >= 11 is 7.89. The molecule has 3 aromatic heterocycles. The average Bonchev–Trinajstić information content (AvgIpc) is 3.70. The molecule has 3 aromatic carbocycles. The lowest BCUT2D eigenvalue weighted by atomic mass is 9.91. The number of rotatable bonds is 8. The van der Waals surface area contributed by atoms with Crippen molar-refractivity contribution in [2.45, 2.75) is 78.7 Å². The van der Waals surface area contributed by atoms with Crippen LogP contribution in [0.3, 0.4) is 0 Å². The molecule has 12 heteroatoms. The van der Waals surface area contributed by atoms with Gasteiger partial charge in [-0.1, -0.05) is 29.8 Å². The number of fused-ring (bicyclic) bond motifs is 2. The van der Waals surface area contributed by atoms with Crippen molar-refractivity contribution in [2.75, 3.05) is 19.7 Å². The molecule has 1 fully saturated rings. The smallest absolute Gasteiger partial charge is 0.410 e. The first-order chi connectivity index (χ1) is 25.6. The van der Waals surface area contributed by atoms with Gasteiger partial charge in [0.05, 0.1) is 45.9 Å². The van der Waals surface area contributed by atoms with E-state index in [1.54, 1.807) is 29.4 Å². The standard InChI is InChI=1S/C42H44ClN5O5S/c1-9-51-39(49)36(52-41(3,4)5)34-24(2)18-32-37(35(34)25-10-13-29(43)14-11-25)54-38(46-32)27-16-17-44-31(20-27)26-12-15-33-28(19-26)21-45-48(33)30-22-47(23-30)40(50)53-42(6,7)8/h10-21,30,36H,9,22-23H2,1-8H3. The summed E-state index contributed by atoms with van der Waals surface area (Å²) in [4.78, 5) is 37.6. The number of thiazole rings is 1. The topological polar surface area (TPSA) is 109 Å². The lowest BCUT2D eigenvalue weighted by molar-refractivity contribution is -0.166. The van der Waals surface area contributed by atoms with Crippen LogP contribution in [0.1, 0.15) is 71.7 Å². The minimum absolute atomic E-state index is 0.0795. The first kappa shape index (κ1) is 37.5. The normalized spacial score (nSPS) is 14.4. The highest BCUT2D eigenvalue weighted by molar-refractivity contribution is 7.22. The van der Waals surface area contributed by atoms with E-state index in [4.69, 9.17) is 35.8 Å². The van der Waals surface area contributed by atoms with Crippen LogP contribution in [0, 0.1) is 6.92 Å². The van der Waals surface area contributed by atoms with Crippen molar-refractivity contribution >= 4 is 56.1 Å². The van der Waals surface area contributed by atoms with Gasteiger partial charge in [0.25, 0.3) is 0 Å². The van der Waals surface area contributed by atoms with Gasteiger partial charge in [-0.3, -0.25) is 9.67 Å². The van der Waals surface area contributed by atoms with Crippen LogP contribution in [-0.2, 0) is 19.0 Å². The Morgan fingerprint density at radius 1 is 0.944 bits per heavy atom. The molecule has 54 heavy (non-hydrogen) atoms. The fourth-order valence-corrected chi connectivity index (χ4v) is 7.93. The predicted octanol–water partition coefficient (Wildman–Crippen LogP) is 10.2. The van der Waals surface area contributed by atoms with Crippen molar-refractivity contribution in [3.63, 3.8) is 0 Å². The highest BCUT2D eigenvalue weighted by Crippen LogP contribution is 2.45. The SMILES string of the molecule is CCOC(=O)C(OC(C)(C)C)c1c(C)cc2nc(-c3ccnc(-c4ccc5c(cnn5C5CN(C(=O)OC(C)(C)C)C5)c4)c3)sc2c1-c1ccc(Cl)cc1. The average molecular weight is 766 g/mol. The number of benzene rings is 3. The van der Waals surface area contributed by atoms with Gasteiger partial charge in [-0.15, -0.1) is 11.3 Å². The Bertz CT molecular complexity index is 2370. The van der Waals surface area contributed by atoms with Crippen molar-refractivity contribution < 1.29 is 23.8 Å². The van der Waals surface area contributed by atoms with Gasteiger partial charge in [0, 0.05) is 51.9 Å². The number of hydrogen-bond acceptors (Lipinski definition) is 9. The number of amides is 1. The zero-order chi connectivity index (χ0) is 38.5. The molecule has 1 amide bonds. The van der Waals surface area contributed by atoms with Crippen molar-refractivity contribution in [1.82, 2.24) is 24.6 Å². The van der Waals surface area contributed by atoms with Crippen LogP contribution in [0.15, 0.2) is 73.1 Å². The minimum Gasteiger partial charge on any atom is -0.464 e. The summed E-state index contributed by atoms with van der Waals surface area (Å²) in [6, 6.07) is 19.9. The number of hydrogen-bond donors (Lipinski definition) is 0. The number of aryl methyl sites for hydroxylation is 1. The van der Waals surface area contributed by atoms with Crippen LogP contribution in [0.2, 0.25) is 5.02 Å². The molecule has 1 saturated heterocycles. The fraction of sp³-hybridized carbons (Fsp3) is 0.357. The van der Waals surface area contributed by atoms with Crippen LogP contribution in [0.5, 0.6) is 0 Å². The Hall–Kier alpha value is -4.84. The molecule has 1 atom stereocenters. The van der Waals surface area contributed by atoms with E-state index in [0.717, 1.165) is 65.2 Å². The van der Waals surface area contributed by atoms with Crippen LogP contribution in [0.25, 0.3) is 54.1 Å². The maximum absolute atomic E-state index is 13.5. The van der Waals surface area contributed by atoms with E-state index < -0.39 is 23.3 Å². The Morgan fingerprint density at radius 3 is 2.35 bits per heavy atom. The van der Waals surface area contributed by atoms with Crippen molar-refractivity contribution in [3.8, 4) is 33.0 Å². The largest absolute Gasteiger partial charge is 0.464 e. The van der Waals surface area contributed by atoms with E-state index in [1.807, 2.05) is 108 Å². The van der Waals surface area contributed by atoms with E-state index >= 15 is 0 Å². The van der Waals surface area contributed by atoms with E-state index in [0.29, 0.717) is 18.1 Å². The summed E-state index contributed by atoms with van der Waals surface area (Å²) < 4.78 is 20.4. The van der Waals surface area contributed by atoms with Crippen LogP contribution in [-0.4, -0.2) is 67.6 Å². The van der Waals surface area contributed by atoms with E-state index in [-0.39, 0.29) is 18.7 Å². The second-order valence-electron chi connectivity index (χ2n) is 15.6. The predicted molar refractivity (Wildman–Crippen MR) is 214 cm³/mol. The summed E-state index contributed by atoms with van der Waals surface area (Å²) in [6.45, 7) is 16.5. The monoisotopic (exact) mass is 765 g/mol. The first-order valence-corrected chi connectivity index (χ1v) is 19.2. The molecular formula is C42H44ClN5O5S. The summed E-state index contributed by atoms with van der Waals surface area (Å²) in [7, 11) is 0. The molecule has 0 spiro atoms. The highest BCUT2D eigenvalue weighted by atomic mass is 35.5. The summed E-state index contributed by atoms with van der Waals surface area (Å²) in [5.41, 5.74) is 6.70. The summed E-state index contributed by atoms with van der Waals surface area (Å²) in [5, 5.41) is 7.10. The number of carbonyl (C=O) groups excluding carboxylic acids is 2. The molecule has 280 valence electrons. The molecule has 0 saturated carbocycles. The lowest BCUT2D eigenvalue weighted by Crippen LogP contribution is -2.52. The molecule has 1 unspecified atom stereocenters. The van der Waals surface area contributed by atoms with Gasteiger partial charge in [-0.05, 0) is 109 Å². The van der Waals surface area contributed by atoms with Crippen molar-refractivity contribution in [1.29, 1.82) is 0 Å². The molecule has 0 radical (unpaired) electrons. The number of nitrogens with zero attached hydrogens (tertiary/aromatic N) is 5. The molecule has 1 aliphatic rings. The Labute approximate surface area is 324 Å². The molecule has 0 N–H and O–H groups in total.